The van der Waals surface area contributed by atoms with Gasteiger partial charge in [0.1, 0.15) is 18.1 Å². The minimum absolute atomic E-state index is 0.140. The Morgan fingerprint density at radius 2 is 1.72 bits per heavy atom. The largest absolute Gasteiger partial charge is 0.497 e. The SMILES string of the molecule is CCN(CC(=O)Nc1cc(-c2ccccc2)nn1-c1ccc(Cl)cc1)C(=O)Nc1cccc(OC)c1. The number of methoxy groups -OCH3 is 1. The molecule has 4 aromatic rings. The van der Waals surface area contributed by atoms with Gasteiger partial charge in [-0.1, -0.05) is 48.0 Å². The Hall–Kier alpha value is -4.30. The molecule has 0 aliphatic carbocycles. The van der Waals surface area contributed by atoms with Crippen molar-refractivity contribution < 1.29 is 14.3 Å². The van der Waals surface area contributed by atoms with E-state index in [1.54, 1.807) is 54.3 Å². The summed E-state index contributed by atoms with van der Waals surface area (Å²) in [5.74, 6) is 0.746. The van der Waals surface area contributed by atoms with Gasteiger partial charge in [-0.15, -0.1) is 0 Å². The van der Waals surface area contributed by atoms with Crippen LogP contribution in [-0.4, -0.2) is 46.8 Å². The van der Waals surface area contributed by atoms with Gasteiger partial charge in [-0.05, 0) is 43.3 Å². The molecule has 1 aromatic heterocycles. The third-order valence-corrected chi connectivity index (χ3v) is 5.69. The van der Waals surface area contributed by atoms with Gasteiger partial charge in [-0.3, -0.25) is 4.79 Å². The predicted octanol–water partition coefficient (Wildman–Crippen LogP) is 5.69. The second kappa shape index (κ2) is 11.4. The molecule has 0 radical (unpaired) electrons. The van der Waals surface area contributed by atoms with E-state index in [9.17, 15) is 9.59 Å². The highest BCUT2D eigenvalue weighted by Crippen LogP contribution is 2.25. The van der Waals surface area contributed by atoms with Crippen LogP contribution in [0.1, 0.15) is 6.92 Å². The number of hydrogen-bond donors (Lipinski definition) is 2. The highest BCUT2D eigenvalue weighted by Gasteiger charge is 2.19. The monoisotopic (exact) mass is 503 g/mol. The number of halogens is 1. The van der Waals surface area contributed by atoms with Gasteiger partial charge in [-0.25, -0.2) is 9.48 Å². The molecule has 3 aromatic carbocycles. The fraction of sp³-hybridized carbons (Fsp3) is 0.148. The summed E-state index contributed by atoms with van der Waals surface area (Å²) in [7, 11) is 1.56. The molecule has 2 N–H and O–H groups in total. The molecule has 4 rings (SSSR count). The maximum Gasteiger partial charge on any atom is 0.322 e. The predicted molar refractivity (Wildman–Crippen MR) is 142 cm³/mol. The number of ether oxygens (including phenoxy) is 1. The average Bonchev–Trinajstić information content (AvgIpc) is 3.31. The van der Waals surface area contributed by atoms with Gasteiger partial charge in [0.2, 0.25) is 5.91 Å². The standard InChI is InChI=1S/C27H26ClN5O3/c1-3-32(27(35)29-21-10-7-11-23(16-21)36-2)18-26(34)30-25-17-24(19-8-5-4-6-9-19)31-33(25)22-14-12-20(28)13-15-22/h4-17H,3,18H2,1-2H3,(H,29,35)(H,30,34). The molecule has 0 spiro atoms. The molecule has 0 saturated carbocycles. The molecule has 0 aliphatic rings. The molecule has 36 heavy (non-hydrogen) atoms. The maximum absolute atomic E-state index is 13.0. The van der Waals surface area contributed by atoms with Gasteiger partial charge in [0.05, 0.1) is 18.5 Å². The summed E-state index contributed by atoms with van der Waals surface area (Å²) < 4.78 is 6.84. The van der Waals surface area contributed by atoms with Crippen molar-refractivity contribution in [3.8, 4) is 22.7 Å². The van der Waals surface area contributed by atoms with Crippen LogP contribution in [0.15, 0.2) is 84.9 Å². The van der Waals surface area contributed by atoms with Crippen LogP contribution in [-0.2, 0) is 4.79 Å². The average molecular weight is 504 g/mol. The Labute approximate surface area is 214 Å². The maximum atomic E-state index is 13.0. The van der Waals surface area contributed by atoms with Crippen LogP contribution < -0.4 is 15.4 Å². The van der Waals surface area contributed by atoms with Crippen molar-refractivity contribution in [2.24, 2.45) is 0 Å². The zero-order chi connectivity index (χ0) is 25.5. The Morgan fingerprint density at radius 3 is 2.42 bits per heavy atom. The number of anilines is 2. The summed E-state index contributed by atoms with van der Waals surface area (Å²) in [6, 6.07) is 25.3. The third kappa shape index (κ3) is 6.03. The first-order valence-corrected chi connectivity index (χ1v) is 11.8. The molecule has 184 valence electrons. The van der Waals surface area contributed by atoms with Crippen LogP contribution in [0.5, 0.6) is 5.75 Å². The minimum Gasteiger partial charge on any atom is -0.497 e. The van der Waals surface area contributed by atoms with Crippen LogP contribution in [0.25, 0.3) is 16.9 Å². The Kier molecular flexibility index (Phi) is 7.87. The van der Waals surface area contributed by atoms with Crippen LogP contribution in [0, 0.1) is 0 Å². The van der Waals surface area contributed by atoms with E-state index in [0.29, 0.717) is 34.5 Å². The van der Waals surface area contributed by atoms with Crippen molar-refractivity contribution >= 4 is 35.0 Å². The van der Waals surface area contributed by atoms with E-state index in [1.807, 2.05) is 49.4 Å². The zero-order valence-electron chi connectivity index (χ0n) is 19.9. The van der Waals surface area contributed by atoms with E-state index in [-0.39, 0.29) is 12.5 Å². The van der Waals surface area contributed by atoms with E-state index in [0.717, 1.165) is 11.3 Å². The van der Waals surface area contributed by atoms with E-state index >= 15 is 0 Å². The molecule has 0 bridgehead atoms. The Morgan fingerprint density at radius 1 is 0.972 bits per heavy atom. The molecule has 0 fully saturated rings. The number of nitrogens with one attached hydrogen (secondary N) is 2. The molecular formula is C27H26ClN5O3. The summed E-state index contributed by atoms with van der Waals surface area (Å²) in [4.78, 5) is 27.2. The second-order valence-corrected chi connectivity index (χ2v) is 8.33. The number of hydrogen-bond acceptors (Lipinski definition) is 4. The molecule has 3 amide bonds. The van der Waals surface area contributed by atoms with Gasteiger partial charge >= 0.3 is 6.03 Å². The molecule has 8 nitrogen and oxygen atoms in total. The van der Waals surface area contributed by atoms with Gasteiger partial charge in [0.15, 0.2) is 0 Å². The van der Waals surface area contributed by atoms with Crippen molar-refractivity contribution in [2.45, 2.75) is 6.92 Å². The van der Waals surface area contributed by atoms with E-state index in [2.05, 4.69) is 10.6 Å². The second-order valence-electron chi connectivity index (χ2n) is 7.89. The third-order valence-electron chi connectivity index (χ3n) is 5.44. The topological polar surface area (TPSA) is 88.5 Å². The lowest BCUT2D eigenvalue weighted by Gasteiger charge is -2.21. The van der Waals surface area contributed by atoms with Gasteiger partial charge in [0, 0.05) is 35.0 Å². The van der Waals surface area contributed by atoms with Crippen LogP contribution in [0.3, 0.4) is 0 Å². The molecule has 0 aliphatic heterocycles. The number of carbonyl (C=O) groups excluding carboxylic acids is 2. The highest BCUT2D eigenvalue weighted by atomic mass is 35.5. The molecule has 0 saturated heterocycles. The van der Waals surface area contributed by atoms with Gasteiger partial charge in [-0.2, -0.15) is 5.10 Å². The van der Waals surface area contributed by atoms with E-state index in [4.69, 9.17) is 21.4 Å². The number of amides is 3. The Bertz CT molecular complexity index is 1340. The van der Waals surface area contributed by atoms with Crippen molar-refractivity contribution in [2.75, 3.05) is 30.8 Å². The Balaban J connectivity index is 1.52. The molecule has 0 unspecified atom stereocenters. The van der Waals surface area contributed by atoms with Crippen molar-refractivity contribution in [1.82, 2.24) is 14.7 Å². The van der Waals surface area contributed by atoms with Crippen LogP contribution in [0.2, 0.25) is 5.02 Å². The normalized spacial score (nSPS) is 10.5. The molecule has 0 atom stereocenters. The van der Waals surface area contributed by atoms with E-state index < -0.39 is 6.03 Å². The molecular weight excluding hydrogens is 478 g/mol. The smallest absolute Gasteiger partial charge is 0.322 e. The highest BCUT2D eigenvalue weighted by molar-refractivity contribution is 6.30. The first kappa shape index (κ1) is 24.8. The summed E-state index contributed by atoms with van der Waals surface area (Å²) >= 11 is 6.05. The van der Waals surface area contributed by atoms with Crippen molar-refractivity contribution in [1.29, 1.82) is 0 Å². The lowest BCUT2D eigenvalue weighted by atomic mass is 10.1. The van der Waals surface area contributed by atoms with Crippen LogP contribution in [0.4, 0.5) is 16.3 Å². The summed E-state index contributed by atoms with van der Waals surface area (Å²) in [6.45, 7) is 2.01. The number of rotatable bonds is 8. The van der Waals surface area contributed by atoms with Crippen molar-refractivity contribution in [3.63, 3.8) is 0 Å². The zero-order valence-corrected chi connectivity index (χ0v) is 20.7. The fourth-order valence-electron chi connectivity index (χ4n) is 3.59. The van der Waals surface area contributed by atoms with Gasteiger partial charge in [0.25, 0.3) is 0 Å². The fourth-order valence-corrected chi connectivity index (χ4v) is 3.71. The lowest BCUT2D eigenvalue weighted by molar-refractivity contribution is -0.116. The van der Waals surface area contributed by atoms with E-state index in [1.165, 1.54) is 4.90 Å². The van der Waals surface area contributed by atoms with Crippen LogP contribution >= 0.6 is 11.6 Å². The number of benzene rings is 3. The minimum atomic E-state index is -0.392. The number of aromatic nitrogens is 2. The number of carbonyl (C=O) groups is 2. The number of urea groups is 1. The number of nitrogens with zero attached hydrogens (tertiary/aromatic N) is 3. The summed E-state index contributed by atoms with van der Waals surface area (Å²) in [5.41, 5.74) is 2.92. The lowest BCUT2D eigenvalue weighted by Crippen LogP contribution is -2.40. The number of likely N-dealkylation sites (N-methyl/N-ethyl adjacent to an activating group) is 1. The van der Waals surface area contributed by atoms with Crippen molar-refractivity contribution in [3.05, 3.63) is 90.0 Å². The summed E-state index contributed by atoms with van der Waals surface area (Å²) in [5, 5.41) is 11.0. The molecule has 9 heteroatoms. The van der Waals surface area contributed by atoms with Gasteiger partial charge < -0.3 is 20.3 Å². The first-order chi connectivity index (χ1) is 17.5. The molecule has 1 heterocycles. The quantitative estimate of drug-likeness (QED) is 0.323. The first-order valence-electron chi connectivity index (χ1n) is 11.4. The summed E-state index contributed by atoms with van der Waals surface area (Å²) in [6.07, 6.45) is 0.